The van der Waals surface area contributed by atoms with Crippen molar-refractivity contribution in [2.24, 2.45) is 0 Å². The smallest absolute Gasteiger partial charge is 0.408 e. The van der Waals surface area contributed by atoms with Crippen molar-refractivity contribution in [3.05, 3.63) is 48.0 Å². The average Bonchev–Trinajstić information content (AvgIpc) is 3.15. The lowest BCUT2D eigenvalue weighted by atomic mass is 10.0. The van der Waals surface area contributed by atoms with Gasteiger partial charge in [0.2, 0.25) is 0 Å². The summed E-state index contributed by atoms with van der Waals surface area (Å²) in [5, 5.41) is 2.75. The van der Waals surface area contributed by atoms with Crippen LogP contribution in [0.1, 0.15) is 32.3 Å². The number of aryl methyl sites for hydroxylation is 1. The summed E-state index contributed by atoms with van der Waals surface area (Å²) in [6.07, 6.45) is 1.27. The number of nitrogens with zero attached hydrogens (tertiary/aromatic N) is 2. The van der Waals surface area contributed by atoms with Gasteiger partial charge in [-0.05, 0) is 58.0 Å². The van der Waals surface area contributed by atoms with Gasteiger partial charge < -0.3 is 24.5 Å². The van der Waals surface area contributed by atoms with E-state index in [0.717, 1.165) is 34.0 Å². The molecule has 0 bridgehead atoms. The molecule has 8 heteroatoms. The summed E-state index contributed by atoms with van der Waals surface area (Å²) in [6, 6.07) is 9.67. The fourth-order valence-corrected chi connectivity index (χ4v) is 3.29. The highest BCUT2D eigenvalue weighted by molar-refractivity contribution is 5.80. The van der Waals surface area contributed by atoms with Crippen LogP contribution in [-0.4, -0.2) is 39.9 Å². The molecule has 2 aromatic heterocycles. The van der Waals surface area contributed by atoms with Crippen molar-refractivity contribution < 1.29 is 19.0 Å². The summed E-state index contributed by atoms with van der Waals surface area (Å²) < 4.78 is 16.7. The molecule has 1 aliphatic rings. The van der Waals surface area contributed by atoms with Crippen LogP contribution in [0.5, 0.6) is 11.5 Å². The molecule has 0 aliphatic carbocycles. The second-order valence-corrected chi connectivity index (χ2v) is 8.31. The first-order valence-corrected chi connectivity index (χ1v) is 10.2. The molecule has 4 rings (SSSR count). The Morgan fingerprint density at radius 2 is 1.90 bits per heavy atom. The lowest BCUT2D eigenvalue weighted by Gasteiger charge is -2.19. The Balaban J connectivity index is 1.67. The number of carbonyl (C=O) groups is 1. The first-order valence-electron chi connectivity index (χ1n) is 10.2. The van der Waals surface area contributed by atoms with E-state index in [1.807, 2.05) is 58.0 Å². The highest BCUT2D eigenvalue weighted by Crippen LogP contribution is 2.37. The zero-order valence-electron chi connectivity index (χ0n) is 18.1. The van der Waals surface area contributed by atoms with Crippen molar-refractivity contribution in [3.63, 3.8) is 0 Å². The number of ether oxygens (including phenoxy) is 3. The average molecular weight is 422 g/mol. The molecule has 1 aliphatic heterocycles. The molecule has 0 atom stereocenters. The summed E-state index contributed by atoms with van der Waals surface area (Å²) >= 11 is 0. The Kier molecular flexibility index (Phi) is 5.54. The van der Waals surface area contributed by atoms with Crippen molar-refractivity contribution in [1.82, 2.24) is 20.3 Å². The number of amides is 1. The third kappa shape index (κ3) is 4.96. The fraction of sp³-hybridized carbons (Fsp3) is 0.348. The third-order valence-electron chi connectivity index (χ3n) is 4.55. The van der Waals surface area contributed by atoms with Crippen LogP contribution in [-0.2, 0) is 11.3 Å². The molecule has 1 amide bonds. The van der Waals surface area contributed by atoms with Gasteiger partial charge in [0.15, 0.2) is 11.5 Å². The van der Waals surface area contributed by atoms with Gasteiger partial charge in [0.05, 0.1) is 17.9 Å². The van der Waals surface area contributed by atoms with Crippen molar-refractivity contribution in [2.75, 3.05) is 13.2 Å². The molecule has 2 N–H and O–H groups in total. The molecule has 0 saturated carbocycles. The first-order chi connectivity index (χ1) is 14.8. The topological polar surface area (TPSA) is 98.4 Å². The van der Waals surface area contributed by atoms with E-state index in [1.165, 1.54) is 0 Å². The minimum absolute atomic E-state index is 0.205. The molecule has 31 heavy (non-hydrogen) atoms. The van der Waals surface area contributed by atoms with E-state index in [4.69, 9.17) is 19.2 Å². The van der Waals surface area contributed by atoms with E-state index < -0.39 is 11.7 Å². The van der Waals surface area contributed by atoms with Crippen LogP contribution in [0.2, 0.25) is 0 Å². The number of hydrogen-bond donors (Lipinski definition) is 2. The summed E-state index contributed by atoms with van der Waals surface area (Å²) in [5.41, 5.74) is 3.76. The van der Waals surface area contributed by atoms with E-state index >= 15 is 0 Å². The largest absolute Gasteiger partial charge is 0.486 e. The summed E-state index contributed by atoms with van der Waals surface area (Å²) in [6.45, 7) is 8.66. The Labute approximate surface area is 181 Å². The Morgan fingerprint density at radius 1 is 1.13 bits per heavy atom. The number of benzene rings is 1. The van der Waals surface area contributed by atoms with Gasteiger partial charge in [0.1, 0.15) is 24.6 Å². The monoisotopic (exact) mass is 422 g/mol. The Bertz CT molecular complexity index is 1100. The van der Waals surface area contributed by atoms with Crippen LogP contribution >= 0.6 is 0 Å². The van der Waals surface area contributed by atoms with E-state index in [-0.39, 0.29) is 6.54 Å². The number of carbonyl (C=O) groups excluding carboxylic acids is 1. The molecule has 8 nitrogen and oxygen atoms in total. The number of hydrogen-bond acceptors (Lipinski definition) is 6. The molecule has 3 heterocycles. The molecule has 1 aromatic carbocycles. The third-order valence-corrected chi connectivity index (χ3v) is 4.55. The zero-order chi connectivity index (χ0) is 22.0. The van der Waals surface area contributed by atoms with E-state index in [2.05, 4.69) is 15.3 Å². The minimum atomic E-state index is -0.566. The van der Waals surface area contributed by atoms with Gasteiger partial charge in [-0.25, -0.2) is 9.78 Å². The molecule has 3 aromatic rings. The molecular weight excluding hydrogens is 396 g/mol. The molecule has 0 radical (unpaired) electrons. The summed E-state index contributed by atoms with van der Waals surface area (Å²) in [5.74, 6) is 2.02. The van der Waals surface area contributed by atoms with Crippen LogP contribution in [0.3, 0.4) is 0 Å². The second-order valence-electron chi connectivity index (χ2n) is 8.31. The number of aromatic nitrogens is 3. The van der Waals surface area contributed by atoms with Gasteiger partial charge in [0.25, 0.3) is 0 Å². The predicted octanol–water partition coefficient (Wildman–Crippen LogP) is 4.24. The maximum Gasteiger partial charge on any atom is 0.408 e. The number of aromatic amines is 1. The number of nitrogens with one attached hydrogen (secondary N) is 2. The van der Waals surface area contributed by atoms with Crippen LogP contribution in [0, 0.1) is 6.92 Å². The minimum Gasteiger partial charge on any atom is -0.486 e. The fourth-order valence-electron chi connectivity index (χ4n) is 3.29. The number of rotatable bonds is 4. The molecule has 0 fully saturated rings. The second kappa shape index (κ2) is 8.29. The van der Waals surface area contributed by atoms with Gasteiger partial charge in [0, 0.05) is 23.0 Å². The molecule has 0 spiro atoms. The van der Waals surface area contributed by atoms with Crippen molar-refractivity contribution in [3.8, 4) is 34.0 Å². The van der Waals surface area contributed by atoms with E-state index in [1.54, 1.807) is 6.20 Å². The highest BCUT2D eigenvalue weighted by atomic mass is 16.6. The summed E-state index contributed by atoms with van der Waals surface area (Å²) in [4.78, 5) is 24.4. The van der Waals surface area contributed by atoms with Gasteiger partial charge in [-0.2, -0.15) is 0 Å². The lowest BCUT2D eigenvalue weighted by Crippen LogP contribution is -2.32. The SMILES string of the molecule is Cc1cc(-c2[nH]c(CNC(=O)OC(C)(C)C)nc2-c2ccc3c(c2)OCCO3)ccn1. The van der Waals surface area contributed by atoms with E-state index in [9.17, 15) is 4.79 Å². The van der Waals surface area contributed by atoms with Gasteiger partial charge in [-0.1, -0.05) is 0 Å². The lowest BCUT2D eigenvalue weighted by molar-refractivity contribution is 0.0522. The number of pyridine rings is 1. The molecule has 0 saturated heterocycles. The van der Waals surface area contributed by atoms with Crippen molar-refractivity contribution in [2.45, 2.75) is 39.8 Å². The van der Waals surface area contributed by atoms with E-state index in [0.29, 0.717) is 24.8 Å². The van der Waals surface area contributed by atoms with Crippen molar-refractivity contribution in [1.29, 1.82) is 0 Å². The maximum atomic E-state index is 12.1. The zero-order valence-corrected chi connectivity index (χ0v) is 18.1. The maximum absolute atomic E-state index is 12.1. The quantitative estimate of drug-likeness (QED) is 0.652. The van der Waals surface area contributed by atoms with Crippen LogP contribution in [0.25, 0.3) is 22.5 Å². The number of alkyl carbamates (subject to hydrolysis) is 1. The molecule has 0 unspecified atom stereocenters. The Morgan fingerprint density at radius 3 is 2.65 bits per heavy atom. The van der Waals surface area contributed by atoms with Gasteiger partial charge in [-0.3, -0.25) is 4.98 Å². The highest BCUT2D eigenvalue weighted by Gasteiger charge is 2.20. The van der Waals surface area contributed by atoms with Crippen LogP contribution < -0.4 is 14.8 Å². The summed E-state index contributed by atoms with van der Waals surface area (Å²) in [7, 11) is 0. The number of H-pyrrole nitrogens is 1. The first kappa shape index (κ1) is 20.7. The van der Waals surface area contributed by atoms with Gasteiger partial charge in [-0.15, -0.1) is 0 Å². The van der Waals surface area contributed by atoms with Crippen LogP contribution in [0.15, 0.2) is 36.5 Å². The number of imidazole rings is 1. The van der Waals surface area contributed by atoms with Crippen LogP contribution in [0.4, 0.5) is 4.79 Å². The Hall–Kier alpha value is -3.55. The van der Waals surface area contributed by atoms with Crippen molar-refractivity contribution >= 4 is 6.09 Å². The predicted molar refractivity (Wildman–Crippen MR) is 116 cm³/mol. The van der Waals surface area contributed by atoms with Gasteiger partial charge >= 0.3 is 6.09 Å². The molecule has 162 valence electrons. The molecular formula is C23H26N4O4. The standard InChI is InChI=1S/C23H26N4O4/c1-14-11-16(7-8-24-14)21-20(15-5-6-17-18(12-15)30-10-9-29-17)26-19(27-21)13-25-22(28)31-23(2,3)4/h5-8,11-12H,9-10,13H2,1-4H3,(H,25,28)(H,26,27). The normalized spacial score (nSPS) is 13.0. The number of fused-ring (bicyclic) bond motifs is 1.